The first kappa shape index (κ1) is 16.2. The van der Waals surface area contributed by atoms with E-state index in [0.29, 0.717) is 6.54 Å². The Hall–Kier alpha value is -2.66. The molecular weight excluding hydrogens is 302 g/mol. The zero-order valence-electron chi connectivity index (χ0n) is 13.9. The molecule has 24 heavy (non-hydrogen) atoms. The first-order chi connectivity index (χ1) is 11.6. The molecule has 0 saturated carbocycles. The van der Waals surface area contributed by atoms with E-state index in [-0.39, 0.29) is 6.61 Å². The molecule has 0 aliphatic rings. The summed E-state index contributed by atoms with van der Waals surface area (Å²) >= 11 is 0. The van der Waals surface area contributed by atoms with Crippen LogP contribution in [0.5, 0.6) is 5.75 Å². The molecule has 0 fully saturated rings. The van der Waals surface area contributed by atoms with Crippen molar-refractivity contribution in [2.45, 2.75) is 26.5 Å². The van der Waals surface area contributed by atoms with Crippen LogP contribution in [0.1, 0.15) is 11.1 Å². The van der Waals surface area contributed by atoms with Crippen molar-refractivity contribution in [3.8, 4) is 17.1 Å². The molecule has 0 saturated heterocycles. The Balaban J connectivity index is 1.65. The van der Waals surface area contributed by atoms with Gasteiger partial charge in [-0.25, -0.2) is 4.98 Å². The number of aromatic nitrogens is 3. The van der Waals surface area contributed by atoms with Gasteiger partial charge in [0.1, 0.15) is 24.3 Å². The summed E-state index contributed by atoms with van der Waals surface area (Å²) in [6.45, 7) is 4.68. The third-order valence-corrected chi connectivity index (χ3v) is 3.84. The van der Waals surface area contributed by atoms with Gasteiger partial charge in [0.15, 0.2) is 0 Å². The number of nitrogens with zero attached hydrogens (tertiary/aromatic N) is 3. The van der Waals surface area contributed by atoms with E-state index >= 15 is 0 Å². The molecule has 5 nitrogen and oxygen atoms in total. The summed E-state index contributed by atoms with van der Waals surface area (Å²) in [5.41, 5.74) is 3.17. The van der Waals surface area contributed by atoms with Crippen LogP contribution >= 0.6 is 0 Å². The van der Waals surface area contributed by atoms with Crippen molar-refractivity contribution >= 4 is 0 Å². The van der Waals surface area contributed by atoms with Crippen LogP contribution < -0.4 is 4.74 Å². The second-order valence-electron chi connectivity index (χ2n) is 5.87. The summed E-state index contributed by atoms with van der Waals surface area (Å²) in [6.07, 6.45) is 6.42. The number of hydrogen-bond donors (Lipinski definition) is 1. The van der Waals surface area contributed by atoms with Crippen LogP contribution in [0.25, 0.3) is 11.4 Å². The fourth-order valence-electron chi connectivity index (χ4n) is 2.55. The molecule has 124 valence electrons. The summed E-state index contributed by atoms with van der Waals surface area (Å²) in [6, 6.07) is 9.86. The molecule has 3 aromatic rings. The standard InChI is InChI=1S/C19H21N3O2/c1-14-3-4-15(2)18(11-14)24-13-17(23)12-22-10-9-21-19(22)16-5-7-20-8-6-16/h3-11,17,23H,12-13H2,1-2H3. The second-order valence-corrected chi connectivity index (χ2v) is 5.87. The lowest BCUT2D eigenvalue weighted by molar-refractivity contribution is 0.0925. The number of ether oxygens (including phenoxy) is 1. The minimum Gasteiger partial charge on any atom is -0.491 e. The van der Waals surface area contributed by atoms with Gasteiger partial charge in [-0.15, -0.1) is 0 Å². The van der Waals surface area contributed by atoms with Gasteiger partial charge in [0.05, 0.1) is 6.54 Å². The highest BCUT2D eigenvalue weighted by molar-refractivity contribution is 5.54. The van der Waals surface area contributed by atoms with Crippen LogP contribution in [-0.2, 0) is 6.54 Å². The third kappa shape index (κ3) is 3.81. The number of rotatable bonds is 6. The zero-order valence-corrected chi connectivity index (χ0v) is 13.9. The molecule has 0 bridgehead atoms. The molecule has 2 heterocycles. The SMILES string of the molecule is Cc1ccc(C)c(OCC(O)Cn2ccnc2-c2ccncc2)c1. The topological polar surface area (TPSA) is 60.2 Å². The van der Waals surface area contributed by atoms with Crippen LogP contribution in [0.2, 0.25) is 0 Å². The van der Waals surface area contributed by atoms with E-state index in [4.69, 9.17) is 4.74 Å². The largest absolute Gasteiger partial charge is 0.491 e. The highest BCUT2D eigenvalue weighted by Crippen LogP contribution is 2.20. The third-order valence-electron chi connectivity index (χ3n) is 3.84. The summed E-state index contributed by atoms with van der Waals surface area (Å²) in [5, 5.41) is 10.3. The maximum absolute atomic E-state index is 10.3. The van der Waals surface area contributed by atoms with Gasteiger partial charge in [0, 0.05) is 30.4 Å². The second kappa shape index (κ2) is 7.27. The molecular formula is C19H21N3O2. The van der Waals surface area contributed by atoms with Crippen molar-refractivity contribution in [2.24, 2.45) is 0 Å². The summed E-state index contributed by atoms with van der Waals surface area (Å²) in [5.74, 6) is 1.62. The number of benzene rings is 1. The lowest BCUT2D eigenvalue weighted by atomic mass is 10.1. The lowest BCUT2D eigenvalue weighted by Crippen LogP contribution is -2.24. The van der Waals surface area contributed by atoms with Gasteiger partial charge in [-0.1, -0.05) is 12.1 Å². The molecule has 0 aliphatic heterocycles. The normalized spacial score (nSPS) is 12.1. The van der Waals surface area contributed by atoms with Crippen LogP contribution in [0.15, 0.2) is 55.1 Å². The average Bonchev–Trinajstić information content (AvgIpc) is 3.04. The van der Waals surface area contributed by atoms with E-state index in [9.17, 15) is 5.11 Å². The van der Waals surface area contributed by atoms with Gasteiger partial charge in [-0.2, -0.15) is 0 Å². The minimum absolute atomic E-state index is 0.234. The quantitative estimate of drug-likeness (QED) is 0.757. The minimum atomic E-state index is -0.625. The van der Waals surface area contributed by atoms with Crippen LogP contribution in [-0.4, -0.2) is 32.4 Å². The van der Waals surface area contributed by atoms with Crippen LogP contribution in [0.4, 0.5) is 0 Å². The van der Waals surface area contributed by atoms with Crippen LogP contribution in [0.3, 0.4) is 0 Å². The molecule has 1 unspecified atom stereocenters. The van der Waals surface area contributed by atoms with Crippen molar-refractivity contribution in [3.63, 3.8) is 0 Å². The number of aryl methyl sites for hydroxylation is 2. The zero-order chi connectivity index (χ0) is 16.9. The molecule has 3 rings (SSSR count). The fraction of sp³-hybridized carbons (Fsp3) is 0.263. The summed E-state index contributed by atoms with van der Waals surface area (Å²) < 4.78 is 7.70. The molecule has 5 heteroatoms. The maximum Gasteiger partial charge on any atom is 0.140 e. The van der Waals surface area contributed by atoms with E-state index in [1.165, 1.54) is 0 Å². The van der Waals surface area contributed by atoms with Gasteiger partial charge in [0.25, 0.3) is 0 Å². The van der Waals surface area contributed by atoms with Crippen molar-refractivity contribution in [1.82, 2.24) is 14.5 Å². The Morgan fingerprint density at radius 1 is 1.12 bits per heavy atom. The Labute approximate surface area is 141 Å². The lowest BCUT2D eigenvalue weighted by Gasteiger charge is -2.16. The Bertz CT molecular complexity index is 799. The number of aliphatic hydroxyl groups is 1. The van der Waals surface area contributed by atoms with E-state index in [2.05, 4.69) is 9.97 Å². The molecule has 0 spiro atoms. The average molecular weight is 323 g/mol. The first-order valence-corrected chi connectivity index (χ1v) is 7.93. The first-order valence-electron chi connectivity index (χ1n) is 7.93. The molecule has 2 aromatic heterocycles. The predicted octanol–water partition coefficient (Wildman–Crippen LogP) is 3.00. The summed E-state index contributed by atoms with van der Waals surface area (Å²) in [7, 11) is 0. The monoisotopic (exact) mass is 323 g/mol. The highest BCUT2D eigenvalue weighted by Gasteiger charge is 2.12. The maximum atomic E-state index is 10.3. The number of aliphatic hydroxyl groups excluding tert-OH is 1. The van der Waals surface area contributed by atoms with Crippen molar-refractivity contribution in [2.75, 3.05) is 6.61 Å². The Kier molecular flexibility index (Phi) is 4.91. The van der Waals surface area contributed by atoms with E-state index in [1.807, 2.05) is 54.9 Å². The van der Waals surface area contributed by atoms with Gasteiger partial charge >= 0.3 is 0 Å². The van der Waals surface area contributed by atoms with Gasteiger partial charge in [-0.05, 0) is 43.2 Å². The highest BCUT2D eigenvalue weighted by atomic mass is 16.5. The molecule has 1 atom stereocenters. The van der Waals surface area contributed by atoms with E-state index < -0.39 is 6.10 Å². The molecule has 0 amide bonds. The predicted molar refractivity (Wildman–Crippen MR) is 92.9 cm³/mol. The Morgan fingerprint density at radius 2 is 1.92 bits per heavy atom. The van der Waals surface area contributed by atoms with Crippen molar-refractivity contribution in [3.05, 3.63) is 66.2 Å². The number of pyridine rings is 1. The number of hydrogen-bond acceptors (Lipinski definition) is 4. The fourth-order valence-corrected chi connectivity index (χ4v) is 2.55. The van der Waals surface area contributed by atoms with Gasteiger partial charge < -0.3 is 14.4 Å². The van der Waals surface area contributed by atoms with Crippen molar-refractivity contribution in [1.29, 1.82) is 0 Å². The molecule has 0 radical (unpaired) electrons. The number of imidazole rings is 1. The van der Waals surface area contributed by atoms with Gasteiger partial charge in [0.2, 0.25) is 0 Å². The summed E-state index contributed by atoms with van der Waals surface area (Å²) in [4.78, 5) is 8.38. The van der Waals surface area contributed by atoms with Gasteiger partial charge in [-0.3, -0.25) is 4.98 Å². The van der Waals surface area contributed by atoms with Crippen LogP contribution in [0, 0.1) is 13.8 Å². The van der Waals surface area contributed by atoms with E-state index in [0.717, 1.165) is 28.3 Å². The molecule has 1 N–H and O–H groups in total. The molecule has 1 aromatic carbocycles. The van der Waals surface area contributed by atoms with E-state index in [1.54, 1.807) is 18.6 Å². The van der Waals surface area contributed by atoms with Crippen molar-refractivity contribution < 1.29 is 9.84 Å². The smallest absolute Gasteiger partial charge is 0.140 e. The molecule has 0 aliphatic carbocycles. The Morgan fingerprint density at radius 3 is 2.71 bits per heavy atom.